The van der Waals surface area contributed by atoms with Gasteiger partial charge in [-0.2, -0.15) is 0 Å². The van der Waals surface area contributed by atoms with Gasteiger partial charge in [0.25, 0.3) is 10.0 Å². The molecular weight excluding hydrogens is 500 g/mol. The van der Waals surface area contributed by atoms with Crippen molar-refractivity contribution in [1.29, 1.82) is 0 Å². The van der Waals surface area contributed by atoms with Crippen molar-refractivity contribution in [2.45, 2.75) is 18.4 Å². The van der Waals surface area contributed by atoms with Crippen LogP contribution in [0.3, 0.4) is 0 Å². The Balaban J connectivity index is 1.54. The third-order valence-corrected chi connectivity index (χ3v) is 7.63. The van der Waals surface area contributed by atoms with Gasteiger partial charge in [-0.15, -0.1) is 0 Å². The van der Waals surface area contributed by atoms with Crippen LogP contribution in [0.5, 0.6) is 5.75 Å². The summed E-state index contributed by atoms with van der Waals surface area (Å²) in [6.45, 7) is 1.68. The fourth-order valence-electron chi connectivity index (χ4n) is 3.55. The van der Waals surface area contributed by atoms with Crippen molar-refractivity contribution in [3.05, 3.63) is 102 Å². The first-order valence-electron chi connectivity index (χ1n) is 11.0. The first-order chi connectivity index (χ1) is 17.3. The normalized spacial score (nSPS) is 11.2. The lowest BCUT2D eigenvalue weighted by atomic mass is 10.2. The monoisotopic (exact) mass is 524 g/mol. The maximum atomic E-state index is 13.5. The molecule has 1 aromatic heterocycles. The van der Waals surface area contributed by atoms with E-state index in [1.165, 1.54) is 25.3 Å². The smallest absolute Gasteiger partial charge is 0.264 e. The number of carbonyl (C=O) groups excluding carboxylic acids is 1. The van der Waals surface area contributed by atoms with Gasteiger partial charge in [-0.05, 0) is 55.0 Å². The number of nitrogens with one attached hydrogen (secondary N) is 1. The highest BCUT2D eigenvalue weighted by molar-refractivity contribution is 7.92. The van der Waals surface area contributed by atoms with Crippen LogP contribution in [0.25, 0.3) is 5.69 Å². The second-order valence-corrected chi connectivity index (χ2v) is 10.3. The van der Waals surface area contributed by atoms with E-state index in [-0.39, 0.29) is 22.2 Å². The molecule has 0 aliphatic heterocycles. The number of anilines is 1. The summed E-state index contributed by atoms with van der Waals surface area (Å²) in [5.74, 6) is -0.0620. The Kier molecular flexibility index (Phi) is 7.61. The van der Waals surface area contributed by atoms with Crippen LogP contribution in [0.2, 0.25) is 5.02 Å². The summed E-state index contributed by atoms with van der Waals surface area (Å²) in [5, 5.41) is 3.04. The molecule has 0 aliphatic carbocycles. The third-order valence-electron chi connectivity index (χ3n) is 5.55. The minimum absolute atomic E-state index is 0.0722. The second kappa shape index (κ2) is 10.8. The number of ether oxygens (including phenoxy) is 1. The SMILES string of the molecule is COc1ccc(N(CC(=O)NCc2ccc(-n3ccnc3)cc2)S(=O)(=O)c2ccc(C)cc2)cc1Cl. The summed E-state index contributed by atoms with van der Waals surface area (Å²) < 4.78 is 35.2. The average molecular weight is 525 g/mol. The number of benzene rings is 3. The number of halogens is 1. The molecule has 8 nitrogen and oxygen atoms in total. The number of aryl methyl sites for hydroxylation is 1. The first kappa shape index (κ1) is 25.3. The zero-order chi connectivity index (χ0) is 25.7. The molecule has 0 spiro atoms. The van der Waals surface area contributed by atoms with Gasteiger partial charge in [0.15, 0.2) is 0 Å². The summed E-state index contributed by atoms with van der Waals surface area (Å²) in [6, 6.07) is 18.6. The predicted molar refractivity (Wildman–Crippen MR) is 139 cm³/mol. The van der Waals surface area contributed by atoms with Crippen LogP contribution in [-0.2, 0) is 21.4 Å². The van der Waals surface area contributed by atoms with Crippen molar-refractivity contribution in [2.24, 2.45) is 0 Å². The van der Waals surface area contributed by atoms with Gasteiger partial charge in [0.1, 0.15) is 12.3 Å². The molecule has 0 atom stereocenters. The maximum Gasteiger partial charge on any atom is 0.264 e. The van der Waals surface area contributed by atoms with Crippen molar-refractivity contribution in [3.8, 4) is 11.4 Å². The highest BCUT2D eigenvalue weighted by atomic mass is 35.5. The van der Waals surface area contributed by atoms with E-state index >= 15 is 0 Å². The molecule has 0 saturated carbocycles. The van der Waals surface area contributed by atoms with Gasteiger partial charge < -0.3 is 14.6 Å². The minimum Gasteiger partial charge on any atom is -0.495 e. The molecule has 0 aliphatic rings. The van der Waals surface area contributed by atoms with Gasteiger partial charge in [-0.1, -0.05) is 41.4 Å². The number of sulfonamides is 1. The molecule has 36 heavy (non-hydrogen) atoms. The summed E-state index contributed by atoms with van der Waals surface area (Å²) in [6.07, 6.45) is 5.23. The molecule has 1 amide bonds. The van der Waals surface area contributed by atoms with E-state index < -0.39 is 22.5 Å². The Labute approximate surface area is 215 Å². The number of aromatic nitrogens is 2. The fourth-order valence-corrected chi connectivity index (χ4v) is 5.21. The molecule has 0 unspecified atom stereocenters. The lowest BCUT2D eigenvalue weighted by molar-refractivity contribution is -0.119. The lowest BCUT2D eigenvalue weighted by Crippen LogP contribution is -2.40. The average Bonchev–Trinajstić information content (AvgIpc) is 3.41. The molecule has 0 radical (unpaired) electrons. The Hall–Kier alpha value is -3.82. The second-order valence-electron chi connectivity index (χ2n) is 8.06. The van der Waals surface area contributed by atoms with E-state index in [1.54, 1.807) is 36.8 Å². The first-order valence-corrected chi connectivity index (χ1v) is 12.9. The molecule has 0 saturated heterocycles. The van der Waals surface area contributed by atoms with Crippen molar-refractivity contribution in [2.75, 3.05) is 18.0 Å². The van der Waals surface area contributed by atoms with Gasteiger partial charge in [-0.25, -0.2) is 13.4 Å². The van der Waals surface area contributed by atoms with Crippen molar-refractivity contribution in [3.63, 3.8) is 0 Å². The Morgan fingerprint density at radius 2 is 1.81 bits per heavy atom. The molecule has 0 bridgehead atoms. The molecular formula is C26H25ClN4O4S. The van der Waals surface area contributed by atoms with Crippen molar-refractivity contribution in [1.82, 2.24) is 14.9 Å². The molecule has 0 fully saturated rings. The highest BCUT2D eigenvalue weighted by Crippen LogP contribution is 2.32. The summed E-state index contributed by atoms with van der Waals surface area (Å²) in [7, 11) is -2.58. The number of nitrogens with zero attached hydrogens (tertiary/aromatic N) is 3. The minimum atomic E-state index is -4.05. The van der Waals surface area contributed by atoms with Gasteiger partial charge >= 0.3 is 0 Å². The van der Waals surface area contributed by atoms with Gasteiger partial charge in [-0.3, -0.25) is 9.10 Å². The van der Waals surface area contributed by atoms with Crippen LogP contribution in [0.15, 0.2) is 90.3 Å². The van der Waals surface area contributed by atoms with E-state index in [2.05, 4.69) is 10.3 Å². The van der Waals surface area contributed by atoms with Crippen molar-refractivity contribution >= 4 is 33.2 Å². The van der Waals surface area contributed by atoms with Gasteiger partial charge in [0.05, 0.1) is 29.0 Å². The van der Waals surface area contributed by atoms with E-state index in [0.717, 1.165) is 21.1 Å². The zero-order valence-electron chi connectivity index (χ0n) is 19.8. The van der Waals surface area contributed by atoms with E-state index in [0.29, 0.717) is 5.75 Å². The molecule has 4 rings (SSSR count). The number of hydrogen-bond donors (Lipinski definition) is 1. The third kappa shape index (κ3) is 5.69. The van der Waals surface area contributed by atoms with Crippen LogP contribution in [0.4, 0.5) is 5.69 Å². The lowest BCUT2D eigenvalue weighted by Gasteiger charge is -2.24. The molecule has 186 valence electrons. The fraction of sp³-hybridized carbons (Fsp3) is 0.154. The maximum absolute atomic E-state index is 13.5. The quantitative estimate of drug-likeness (QED) is 0.351. The number of carbonyl (C=O) groups is 1. The number of imidazole rings is 1. The Morgan fingerprint density at radius 1 is 1.08 bits per heavy atom. The molecule has 1 N–H and O–H groups in total. The standard InChI is InChI=1S/C26H25ClN4O4S/c1-19-3-10-23(11-4-19)36(33,34)31(22-9-12-25(35-2)24(27)15-22)17-26(32)29-16-20-5-7-21(8-6-20)30-14-13-28-18-30/h3-15,18H,16-17H2,1-2H3,(H,29,32). The largest absolute Gasteiger partial charge is 0.495 e. The summed E-state index contributed by atoms with van der Waals surface area (Å²) in [5.41, 5.74) is 2.98. The topological polar surface area (TPSA) is 93.5 Å². The van der Waals surface area contributed by atoms with E-state index in [9.17, 15) is 13.2 Å². The van der Waals surface area contributed by atoms with Crippen LogP contribution in [0, 0.1) is 6.92 Å². The van der Waals surface area contributed by atoms with E-state index in [4.69, 9.17) is 16.3 Å². The number of rotatable bonds is 9. The van der Waals surface area contributed by atoms with Crippen LogP contribution in [-0.4, -0.2) is 37.5 Å². The van der Waals surface area contributed by atoms with Crippen LogP contribution in [0.1, 0.15) is 11.1 Å². The zero-order valence-corrected chi connectivity index (χ0v) is 21.3. The number of hydrogen-bond acceptors (Lipinski definition) is 5. The van der Waals surface area contributed by atoms with E-state index in [1.807, 2.05) is 42.0 Å². The molecule has 1 heterocycles. The summed E-state index contributed by atoms with van der Waals surface area (Å²) in [4.78, 5) is 17.0. The molecule has 3 aromatic carbocycles. The summed E-state index contributed by atoms with van der Waals surface area (Å²) >= 11 is 6.27. The Morgan fingerprint density at radius 3 is 2.42 bits per heavy atom. The Bertz CT molecular complexity index is 1440. The van der Waals surface area contributed by atoms with Crippen molar-refractivity contribution < 1.29 is 17.9 Å². The van der Waals surface area contributed by atoms with Crippen LogP contribution >= 0.6 is 11.6 Å². The molecule has 4 aromatic rings. The van der Waals surface area contributed by atoms with Gasteiger partial charge in [0.2, 0.25) is 5.91 Å². The number of methoxy groups -OCH3 is 1. The predicted octanol–water partition coefficient (Wildman–Crippen LogP) is 4.35. The van der Waals surface area contributed by atoms with Crippen LogP contribution < -0.4 is 14.4 Å². The van der Waals surface area contributed by atoms with Gasteiger partial charge in [0, 0.05) is 24.6 Å². The highest BCUT2D eigenvalue weighted by Gasteiger charge is 2.27. The number of amides is 1. The molecule has 10 heteroatoms.